The molecule has 2 N–H and O–H groups in total. The van der Waals surface area contributed by atoms with Crippen LogP contribution in [0.25, 0.3) is 0 Å². The number of aromatic nitrogens is 1. The second-order valence-corrected chi connectivity index (χ2v) is 4.60. The predicted molar refractivity (Wildman–Crippen MR) is 65.2 cm³/mol. The minimum atomic E-state index is 0.288. The van der Waals surface area contributed by atoms with Gasteiger partial charge >= 0.3 is 0 Å². The number of thioether (sulfide) groups is 1. The summed E-state index contributed by atoms with van der Waals surface area (Å²) < 4.78 is 5.06. The first-order valence-corrected chi connectivity index (χ1v) is 6.21. The molecule has 0 fully saturated rings. The van der Waals surface area contributed by atoms with E-state index in [2.05, 4.69) is 4.98 Å². The number of hydrogen-bond donors (Lipinski definition) is 1. The molecule has 1 rings (SSSR count). The zero-order valence-electron chi connectivity index (χ0n) is 9.27. The van der Waals surface area contributed by atoms with E-state index in [4.69, 9.17) is 10.5 Å². The van der Waals surface area contributed by atoms with E-state index >= 15 is 0 Å². The van der Waals surface area contributed by atoms with Crippen molar-refractivity contribution in [1.29, 1.82) is 0 Å². The first kappa shape index (κ1) is 12.3. The summed E-state index contributed by atoms with van der Waals surface area (Å²) in [7, 11) is 1.63. The van der Waals surface area contributed by atoms with Crippen molar-refractivity contribution >= 4 is 11.8 Å². The molecule has 84 valence electrons. The SMILES string of the molecule is COc1cccc(CSCCC(C)N)n1. The van der Waals surface area contributed by atoms with Crippen LogP contribution < -0.4 is 10.5 Å². The number of pyridine rings is 1. The number of rotatable bonds is 6. The molecule has 1 aromatic rings. The van der Waals surface area contributed by atoms with Gasteiger partial charge in [-0.2, -0.15) is 11.8 Å². The number of hydrogen-bond acceptors (Lipinski definition) is 4. The number of methoxy groups -OCH3 is 1. The summed E-state index contributed by atoms with van der Waals surface area (Å²) in [4.78, 5) is 4.33. The zero-order valence-corrected chi connectivity index (χ0v) is 10.1. The molecule has 1 atom stereocenters. The van der Waals surface area contributed by atoms with Crippen molar-refractivity contribution in [3.8, 4) is 5.88 Å². The van der Waals surface area contributed by atoms with Crippen LogP contribution in [0.2, 0.25) is 0 Å². The fourth-order valence-electron chi connectivity index (χ4n) is 1.10. The Morgan fingerprint density at radius 2 is 2.33 bits per heavy atom. The maximum Gasteiger partial charge on any atom is 0.213 e. The average molecular weight is 226 g/mol. The van der Waals surface area contributed by atoms with Crippen molar-refractivity contribution < 1.29 is 4.74 Å². The molecule has 0 saturated carbocycles. The van der Waals surface area contributed by atoms with Gasteiger partial charge in [-0.25, -0.2) is 4.98 Å². The molecule has 0 bridgehead atoms. The summed E-state index contributed by atoms with van der Waals surface area (Å²) in [5, 5.41) is 0. The largest absolute Gasteiger partial charge is 0.481 e. The van der Waals surface area contributed by atoms with Gasteiger partial charge in [-0.1, -0.05) is 6.07 Å². The van der Waals surface area contributed by atoms with Crippen molar-refractivity contribution in [1.82, 2.24) is 4.98 Å². The molecular formula is C11H18N2OS. The monoisotopic (exact) mass is 226 g/mol. The molecule has 0 aliphatic heterocycles. The highest BCUT2D eigenvalue weighted by molar-refractivity contribution is 7.98. The summed E-state index contributed by atoms with van der Waals surface area (Å²) in [6.45, 7) is 2.03. The minimum absolute atomic E-state index is 0.288. The second kappa shape index (κ2) is 6.69. The Bertz CT molecular complexity index is 292. The molecule has 0 radical (unpaired) electrons. The normalized spacial score (nSPS) is 12.5. The van der Waals surface area contributed by atoms with Gasteiger partial charge in [0.2, 0.25) is 5.88 Å². The van der Waals surface area contributed by atoms with Crippen molar-refractivity contribution in [3.63, 3.8) is 0 Å². The Labute approximate surface area is 95.4 Å². The van der Waals surface area contributed by atoms with Gasteiger partial charge in [-0.3, -0.25) is 0 Å². The van der Waals surface area contributed by atoms with E-state index in [1.165, 1.54) is 0 Å². The van der Waals surface area contributed by atoms with Crippen LogP contribution in [-0.4, -0.2) is 23.9 Å². The maximum absolute atomic E-state index is 5.67. The van der Waals surface area contributed by atoms with Gasteiger partial charge in [0, 0.05) is 17.9 Å². The smallest absolute Gasteiger partial charge is 0.213 e. The topological polar surface area (TPSA) is 48.1 Å². The molecule has 4 heteroatoms. The number of nitrogens with two attached hydrogens (primary N) is 1. The van der Waals surface area contributed by atoms with E-state index in [9.17, 15) is 0 Å². The van der Waals surface area contributed by atoms with Crippen molar-refractivity contribution in [3.05, 3.63) is 23.9 Å². The Morgan fingerprint density at radius 1 is 1.53 bits per heavy atom. The highest BCUT2D eigenvalue weighted by Gasteiger charge is 1.99. The summed E-state index contributed by atoms with van der Waals surface area (Å²) in [6, 6.07) is 6.13. The lowest BCUT2D eigenvalue weighted by Crippen LogP contribution is -2.15. The fourth-order valence-corrected chi connectivity index (χ4v) is 2.15. The van der Waals surface area contributed by atoms with Crippen LogP contribution in [0.4, 0.5) is 0 Å². The first-order chi connectivity index (χ1) is 7.22. The van der Waals surface area contributed by atoms with Gasteiger partial charge in [0.1, 0.15) is 0 Å². The van der Waals surface area contributed by atoms with E-state index in [0.29, 0.717) is 5.88 Å². The molecule has 1 aromatic heterocycles. The van der Waals surface area contributed by atoms with E-state index < -0.39 is 0 Å². The lowest BCUT2D eigenvalue weighted by Gasteiger charge is -2.05. The van der Waals surface area contributed by atoms with E-state index in [1.807, 2.05) is 36.9 Å². The molecule has 0 aliphatic carbocycles. The Hall–Kier alpha value is -0.740. The van der Waals surface area contributed by atoms with Gasteiger partial charge in [-0.05, 0) is 25.2 Å². The highest BCUT2D eigenvalue weighted by Crippen LogP contribution is 2.14. The summed E-state index contributed by atoms with van der Waals surface area (Å²) in [5.41, 5.74) is 6.73. The third-order valence-corrected chi connectivity index (χ3v) is 2.98. The van der Waals surface area contributed by atoms with Gasteiger partial charge in [0.05, 0.1) is 12.8 Å². The van der Waals surface area contributed by atoms with Crippen LogP contribution in [0.3, 0.4) is 0 Å². The Balaban J connectivity index is 2.30. The molecule has 0 saturated heterocycles. The fraction of sp³-hybridized carbons (Fsp3) is 0.545. The summed E-state index contributed by atoms with van der Waals surface area (Å²) in [6.07, 6.45) is 1.05. The molecule has 0 spiro atoms. The van der Waals surface area contributed by atoms with Crippen LogP contribution in [0.1, 0.15) is 19.0 Å². The molecule has 3 nitrogen and oxygen atoms in total. The van der Waals surface area contributed by atoms with Crippen LogP contribution in [0.15, 0.2) is 18.2 Å². The molecule has 1 heterocycles. The van der Waals surface area contributed by atoms with Gasteiger partial charge in [0.25, 0.3) is 0 Å². The highest BCUT2D eigenvalue weighted by atomic mass is 32.2. The lowest BCUT2D eigenvalue weighted by atomic mass is 10.3. The first-order valence-electron chi connectivity index (χ1n) is 5.05. The van der Waals surface area contributed by atoms with E-state index in [0.717, 1.165) is 23.6 Å². The molecule has 0 aliphatic rings. The van der Waals surface area contributed by atoms with Gasteiger partial charge < -0.3 is 10.5 Å². The quantitative estimate of drug-likeness (QED) is 0.754. The van der Waals surface area contributed by atoms with E-state index in [-0.39, 0.29) is 6.04 Å². The van der Waals surface area contributed by atoms with Crippen LogP contribution >= 0.6 is 11.8 Å². The molecule has 15 heavy (non-hydrogen) atoms. The average Bonchev–Trinajstić information content (AvgIpc) is 2.24. The third-order valence-electron chi connectivity index (χ3n) is 1.96. The predicted octanol–water partition coefficient (Wildman–Crippen LogP) is 2.06. The van der Waals surface area contributed by atoms with Crippen LogP contribution in [0.5, 0.6) is 5.88 Å². The van der Waals surface area contributed by atoms with Gasteiger partial charge in [0.15, 0.2) is 0 Å². The summed E-state index contributed by atoms with van der Waals surface area (Å²) >= 11 is 1.86. The van der Waals surface area contributed by atoms with Crippen molar-refractivity contribution in [2.75, 3.05) is 12.9 Å². The standard InChI is InChI=1S/C11H18N2OS/c1-9(12)6-7-15-8-10-4-3-5-11(13-10)14-2/h3-5,9H,6-8,12H2,1-2H3. The van der Waals surface area contributed by atoms with Crippen molar-refractivity contribution in [2.24, 2.45) is 5.73 Å². The minimum Gasteiger partial charge on any atom is -0.481 e. The van der Waals surface area contributed by atoms with E-state index in [1.54, 1.807) is 7.11 Å². The summed E-state index contributed by atoms with van der Waals surface area (Å²) in [5.74, 6) is 2.68. The molecule has 0 amide bonds. The Morgan fingerprint density at radius 3 is 3.00 bits per heavy atom. The number of ether oxygens (including phenoxy) is 1. The maximum atomic E-state index is 5.67. The molecule has 1 unspecified atom stereocenters. The van der Waals surface area contributed by atoms with Crippen molar-refractivity contribution in [2.45, 2.75) is 25.1 Å². The molecule has 0 aromatic carbocycles. The third kappa shape index (κ3) is 5.04. The van der Waals surface area contributed by atoms with Crippen LogP contribution in [0, 0.1) is 0 Å². The number of nitrogens with zero attached hydrogens (tertiary/aromatic N) is 1. The van der Waals surface area contributed by atoms with Gasteiger partial charge in [-0.15, -0.1) is 0 Å². The van der Waals surface area contributed by atoms with Crippen LogP contribution in [-0.2, 0) is 5.75 Å². The second-order valence-electron chi connectivity index (χ2n) is 3.49. The Kier molecular flexibility index (Phi) is 5.50. The molecular weight excluding hydrogens is 208 g/mol. The zero-order chi connectivity index (χ0) is 11.1. The lowest BCUT2D eigenvalue weighted by molar-refractivity contribution is 0.397.